The van der Waals surface area contributed by atoms with Crippen molar-refractivity contribution in [2.75, 3.05) is 13.0 Å². The Balaban J connectivity index is 1.48. The minimum Gasteiger partial charge on any atom is -0.482 e. The predicted molar refractivity (Wildman–Crippen MR) is 114 cm³/mol. The summed E-state index contributed by atoms with van der Waals surface area (Å²) in [7, 11) is 1.28. The Morgan fingerprint density at radius 2 is 2.06 bits per heavy atom. The molecule has 0 aliphatic heterocycles. The van der Waals surface area contributed by atoms with Crippen molar-refractivity contribution in [1.29, 1.82) is 0 Å². The minimum atomic E-state index is -0.522. The lowest BCUT2D eigenvalue weighted by molar-refractivity contribution is 0.0601. The third-order valence-corrected chi connectivity index (χ3v) is 5.40. The molecule has 0 amide bonds. The number of carbonyl (C=O) groups is 1. The van der Waals surface area contributed by atoms with Crippen LogP contribution in [0.4, 0.5) is 4.39 Å². The zero-order valence-electron chi connectivity index (χ0n) is 16.7. The molecule has 3 N–H and O–H groups in total. The summed E-state index contributed by atoms with van der Waals surface area (Å²) in [5.74, 6) is 5.96. The van der Waals surface area contributed by atoms with Gasteiger partial charge in [0.2, 0.25) is 5.16 Å². The average Bonchev–Trinajstić information content (AvgIpc) is 3.15. The van der Waals surface area contributed by atoms with E-state index in [0.717, 1.165) is 0 Å². The van der Waals surface area contributed by atoms with E-state index >= 15 is 0 Å². The summed E-state index contributed by atoms with van der Waals surface area (Å²) >= 11 is 1.19. The van der Waals surface area contributed by atoms with E-state index in [1.807, 2.05) is 0 Å². The highest BCUT2D eigenvalue weighted by Crippen LogP contribution is 2.21. The van der Waals surface area contributed by atoms with Gasteiger partial charge < -0.3 is 20.3 Å². The first-order valence-corrected chi connectivity index (χ1v) is 10.3. The van der Waals surface area contributed by atoms with Gasteiger partial charge in [0.05, 0.1) is 29.3 Å². The number of H-pyrrole nitrogens is 1. The van der Waals surface area contributed by atoms with Crippen LogP contribution in [0.3, 0.4) is 0 Å². The molecule has 10 nitrogen and oxygen atoms in total. The molecule has 0 saturated heterocycles. The largest absolute Gasteiger partial charge is 0.482 e. The summed E-state index contributed by atoms with van der Waals surface area (Å²) in [6.45, 7) is -0.0770. The number of thioether (sulfide) groups is 1. The normalized spacial score (nSPS) is 10.9. The molecule has 2 aromatic heterocycles. The van der Waals surface area contributed by atoms with Crippen LogP contribution < -0.4 is 16.1 Å². The maximum Gasteiger partial charge on any atom is 0.337 e. The molecule has 0 fully saturated rings. The fourth-order valence-corrected chi connectivity index (χ4v) is 3.59. The van der Waals surface area contributed by atoms with Crippen LogP contribution in [-0.4, -0.2) is 37.9 Å². The molecule has 0 aliphatic rings. The van der Waals surface area contributed by atoms with Crippen molar-refractivity contribution < 1.29 is 18.7 Å². The molecule has 0 radical (unpaired) electrons. The minimum absolute atomic E-state index is 0.0770. The lowest BCUT2D eigenvalue weighted by Crippen LogP contribution is -2.16. The Kier molecular flexibility index (Phi) is 6.03. The Hall–Kier alpha value is -3.93. The second-order valence-electron chi connectivity index (χ2n) is 6.51. The molecule has 164 valence electrons. The van der Waals surface area contributed by atoms with Crippen LogP contribution in [0.1, 0.15) is 22.0 Å². The van der Waals surface area contributed by atoms with Crippen molar-refractivity contribution in [1.82, 2.24) is 24.8 Å². The summed E-state index contributed by atoms with van der Waals surface area (Å²) in [6.07, 6.45) is 0. The van der Waals surface area contributed by atoms with E-state index in [9.17, 15) is 14.0 Å². The van der Waals surface area contributed by atoms with Crippen molar-refractivity contribution in [3.8, 4) is 5.75 Å². The van der Waals surface area contributed by atoms with Crippen LogP contribution in [0.15, 0.2) is 52.4 Å². The van der Waals surface area contributed by atoms with Gasteiger partial charge in [0.15, 0.2) is 17.4 Å². The number of aromatic amines is 1. The lowest BCUT2D eigenvalue weighted by atomic mass is 10.1. The monoisotopic (exact) mass is 456 g/mol. The first-order chi connectivity index (χ1) is 15.5. The maximum atomic E-state index is 13.7. The molecule has 0 spiro atoms. The summed E-state index contributed by atoms with van der Waals surface area (Å²) in [6, 6.07) is 10.5. The van der Waals surface area contributed by atoms with Crippen molar-refractivity contribution in [3.05, 3.63) is 75.8 Å². The number of carbonyl (C=O) groups excluding carboxylic acids is 1. The number of benzene rings is 2. The highest BCUT2D eigenvalue weighted by molar-refractivity contribution is 7.98. The average molecular weight is 456 g/mol. The van der Waals surface area contributed by atoms with Crippen LogP contribution >= 0.6 is 11.8 Å². The SMILES string of the molecule is COC(=O)c1ccc2c(=O)[nH]c(CSc3nnc(COc4ccccc4F)n3N)nc2c1. The second-order valence-corrected chi connectivity index (χ2v) is 7.46. The third kappa shape index (κ3) is 4.39. The number of nitrogens with zero attached hydrogens (tertiary/aromatic N) is 4. The molecular weight excluding hydrogens is 439 g/mol. The first kappa shape index (κ1) is 21.3. The number of halogens is 1. The zero-order valence-corrected chi connectivity index (χ0v) is 17.6. The van der Waals surface area contributed by atoms with Gasteiger partial charge >= 0.3 is 5.97 Å². The van der Waals surface area contributed by atoms with Gasteiger partial charge in [-0.1, -0.05) is 23.9 Å². The van der Waals surface area contributed by atoms with Gasteiger partial charge in [0.1, 0.15) is 12.4 Å². The summed E-state index contributed by atoms with van der Waals surface area (Å²) in [5.41, 5.74) is 0.313. The number of para-hydroxylation sites is 1. The molecule has 4 aromatic rings. The predicted octanol–water partition coefficient (Wildman–Crippen LogP) is 2.03. The number of esters is 1. The van der Waals surface area contributed by atoms with Gasteiger partial charge in [0, 0.05) is 0 Å². The summed E-state index contributed by atoms with van der Waals surface area (Å²) in [5, 5.41) is 8.65. The van der Waals surface area contributed by atoms with Crippen LogP contribution in [0, 0.1) is 5.82 Å². The number of methoxy groups -OCH3 is 1. The number of nitrogen functional groups attached to an aromatic ring is 1. The second kappa shape index (κ2) is 9.06. The Labute approximate surface area is 184 Å². The number of ether oxygens (including phenoxy) is 2. The number of hydrogen-bond donors (Lipinski definition) is 2. The number of nitrogens with one attached hydrogen (secondary N) is 1. The van der Waals surface area contributed by atoms with Crippen LogP contribution in [-0.2, 0) is 17.1 Å². The number of fused-ring (bicyclic) bond motifs is 1. The Bertz CT molecular complexity index is 1360. The number of rotatable bonds is 7. The molecule has 2 aromatic carbocycles. The van der Waals surface area contributed by atoms with E-state index in [-0.39, 0.29) is 29.2 Å². The fraction of sp³-hybridized carbons (Fsp3) is 0.150. The molecular formula is C20H17FN6O4S. The van der Waals surface area contributed by atoms with Gasteiger partial charge in [-0.3, -0.25) is 4.79 Å². The van der Waals surface area contributed by atoms with E-state index < -0.39 is 11.8 Å². The van der Waals surface area contributed by atoms with E-state index in [1.54, 1.807) is 12.1 Å². The standard InChI is InChI=1S/C20H17FN6O4S/c1-30-19(29)11-6-7-12-14(8-11)23-16(24-18(12)28)10-32-20-26-25-17(27(20)22)9-31-15-5-3-2-4-13(15)21/h2-8H,9-10,22H2,1H3,(H,23,24,28). The quantitative estimate of drug-likeness (QED) is 0.243. The number of nitrogens with two attached hydrogens (primary N) is 1. The van der Waals surface area contributed by atoms with Crippen molar-refractivity contribution >= 4 is 28.6 Å². The molecule has 4 rings (SSSR count). The lowest BCUT2D eigenvalue weighted by Gasteiger charge is -2.07. The van der Waals surface area contributed by atoms with E-state index in [1.165, 1.54) is 53.9 Å². The van der Waals surface area contributed by atoms with Crippen LogP contribution in [0.25, 0.3) is 10.9 Å². The summed E-state index contributed by atoms with van der Waals surface area (Å²) in [4.78, 5) is 31.2. The molecule has 32 heavy (non-hydrogen) atoms. The van der Waals surface area contributed by atoms with E-state index in [4.69, 9.17) is 15.3 Å². The van der Waals surface area contributed by atoms with Crippen LogP contribution in [0.5, 0.6) is 5.75 Å². The van der Waals surface area contributed by atoms with E-state index in [0.29, 0.717) is 27.7 Å². The molecule has 2 heterocycles. The fourth-order valence-electron chi connectivity index (χ4n) is 2.84. The molecule has 0 atom stereocenters. The van der Waals surface area contributed by atoms with Gasteiger partial charge in [-0.25, -0.2) is 18.8 Å². The Morgan fingerprint density at radius 3 is 2.84 bits per heavy atom. The van der Waals surface area contributed by atoms with Gasteiger partial charge in [-0.2, -0.15) is 0 Å². The number of hydrogen-bond acceptors (Lipinski definition) is 9. The van der Waals surface area contributed by atoms with Crippen molar-refractivity contribution in [2.24, 2.45) is 0 Å². The molecule has 0 bridgehead atoms. The third-order valence-electron chi connectivity index (χ3n) is 4.44. The first-order valence-electron chi connectivity index (χ1n) is 9.27. The highest BCUT2D eigenvalue weighted by Gasteiger charge is 2.14. The molecule has 12 heteroatoms. The van der Waals surface area contributed by atoms with Crippen molar-refractivity contribution in [2.45, 2.75) is 17.5 Å². The summed E-state index contributed by atoms with van der Waals surface area (Å²) < 4.78 is 25.0. The van der Waals surface area contributed by atoms with E-state index in [2.05, 4.69) is 20.2 Å². The smallest absolute Gasteiger partial charge is 0.337 e. The van der Waals surface area contributed by atoms with Crippen molar-refractivity contribution in [3.63, 3.8) is 0 Å². The van der Waals surface area contributed by atoms with Gasteiger partial charge in [-0.15, -0.1) is 10.2 Å². The van der Waals surface area contributed by atoms with Gasteiger partial charge in [-0.05, 0) is 30.3 Å². The molecule has 0 unspecified atom stereocenters. The molecule has 0 saturated carbocycles. The van der Waals surface area contributed by atoms with Gasteiger partial charge in [0.25, 0.3) is 5.56 Å². The van der Waals surface area contributed by atoms with Crippen LogP contribution in [0.2, 0.25) is 0 Å². The maximum absolute atomic E-state index is 13.7. The number of aromatic nitrogens is 5. The Morgan fingerprint density at radius 1 is 1.25 bits per heavy atom. The molecule has 0 aliphatic carbocycles. The zero-order chi connectivity index (χ0) is 22.7. The topological polar surface area (TPSA) is 138 Å². The highest BCUT2D eigenvalue weighted by atomic mass is 32.2.